The summed E-state index contributed by atoms with van der Waals surface area (Å²) in [7, 11) is 0. The average molecular weight is 380 g/mol. The zero-order chi connectivity index (χ0) is 19.7. The van der Waals surface area contributed by atoms with Gasteiger partial charge in [0, 0.05) is 5.56 Å². The van der Waals surface area contributed by atoms with E-state index < -0.39 is 24.3 Å². The van der Waals surface area contributed by atoms with Crippen molar-refractivity contribution < 1.29 is 23.2 Å². The smallest absolute Gasteiger partial charge is 0.262 e. The van der Waals surface area contributed by atoms with Crippen LogP contribution in [0.3, 0.4) is 0 Å². The molecule has 0 atom stereocenters. The standard InChI is InChI=1S/C19H13FN4O4/c20-12-7-5-11(6-8-12)17-23-22-16(28-17)9-21-15(25)10-24-18(26)13-3-1-2-4-14(13)19(24)27/h1-8H,9-10H2,(H,21,25). The molecule has 3 aromatic rings. The fourth-order valence-corrected chi connectivity index (χ4v) is 2.79. The number of hydrogen-bond acceptors (Lipinski definition) is 6. The number of amides is 3. The fraction of sp³-hybridized carbons (Fsp3) is 0.105. The second-order valence-electron chi connectivity index (χ2n) is 6.03. The van der Waals surface area contributed by atoms with Crippen LogP contribution >= 0.6 is 0 Å². The first-order valence-electron chi connectivity index (χ1n) is 8.33. The number of benzene rings is 2. The van der Waals surface area contributed by atoms with Crippen molar-refractivity contribution in [2.24, 2.45) is 0 Å². The van der Waals surface area contributed by atoms with Crippen LogP contribution in [0.5, 0.6) is 0 Å². The van der Waals surface area contributed by atoms with Gasteiger partial charge in [0.1, 0.15) is 12.4 Å². The van der Waals surface area contributed by atoms with E-state index in [2.05, 4.69) is 15.5 Å². The molecule has 3 amide bonds. The molecular weight excluding hydrogens is 367 g/mol. The third kappa shape index (κ3) is 3.25. The molecule has 1 aromatic heterocycles. The lowest BCUT2D eigenvalue weighted by Crippen LogP contribution is -2.40. The van der Waals surface area contributed by atoms with E-state index in [4.69, 9.17) is 4.42 Å². The molecule has 0 fully saturated rings. The Bertz CT molecular complexity index is 1040. The Kier molecular flexibility index (Phi) is 4.40. The molecule has 4 rings (SSSR count). The van der Waals surface area contributed by atoms with Gasteiger partial charge in [0.25, 0.3) is 11.8 Å². The molecule has 0 aliphatic carbocycles. The summed E-state index contributed by atoms with van der Waals surface area (Å²) < 4.78 is 18.4. The Morgan fingerprint density at radius 1 is 1.00 bits per heavy atom. The summed E-state index contributed by atoms with van der Waals surface area (Å²) in [6.07, 6.45) is 0. The third-order valence-corrected chi connectivity index (χ3v) is 4.17. The molecule has 2 aromatic carbocycles. The molecule has 8 nitrogen and oxygen atoms in total. The van der Waals surface area contributed by atoms with Crippen molar-refractivity contribution in [1.82, 2.24) is 20.4 Å². The first kappa shape index (κ1) is 17.5. The van der Waals surface area contributed by atoms with Crippen LogP contribution in [0.15, 0.2) is 52.9 Å². The molecule has 0 spiro atoms. The summed E-state index contributed by atoms with van der Waals surface area (Å²) in [4.78, 5) is 37.5. The van der Waals surface area contributed by atoms with E-state index in [1.807, 2.05) is 0 Å². The number of carbonyl (C=O) groups excluding carboxylic acids is 3. The second kappa shape index (κ2) is 7.03. The summed E-state index contributed by atoms with van der Waals surface area (Å²) in [5, 5.41) is 10.2. The maximum absolute atomic E-state index is 13.0. The number of carbonyl (C=O) groups is 3. The predicted molar refractivity (Wildman–Crippen MR) is 93.3 cm³/mol. The van der Waals surface area contributed by atoms with Crippen LogP contribution in [-0.2, 0) is 11.3 Å². The van der Waals surface area contributed by atoms with E-state index in [-0.39, 0.29) is 35.3 Å². The molecule has 0 radical (unpaired) electrons. The highest BCUT2D eigenvalue weighted by atomic mass is 19.1. The van der Waals surface area contributed by atoms with E-state index in [1.165, 1.54) is 24.3 Å². The third-order valence-electron chi connectivity index (χ3n) is 4.17. The number of rotatable bonds is 5. The van der Waals surface area contributed by atoms with E-state index >= 15 is 0 Å². The van der Waals surface area contributed by atoms with Crippen LogP contribution in [0.25, 0.3) is 11.5 Å². The Hall–Kier alpha value is -3.88. The predicted octanol–water partition coefficient (Wildman–Crippen LogP) is 1.79. The zero-order valence-electron chi connectivity index (χ0n) is 14.4. The molecule has 1 aliphatic rings. The number of aromatic nitrogens is 2. The summed E-state index contributed by atoms with van der Waals surface area (Å²) in [6.45, 7) is -0.485. The number of halogens is 1. The molecule has 0 saturated carbocycles. The minimum atomic E-state index is -0.545. The maximum Gasteiger partial charge on any atom is 0.262 e. The molecule has 140 valence electrons. The molecule has 1 N–H and O–H groups in total. The highest BCUT2D eigenvalue weighted by Crippen LogP contribution is 2.22. The van der Waals surface area contributed by atoms with Gasteiger partial charge in [-0.05, 0) is 36.4 Å². The molecular formula is C19H13FN4O4. The minimum absolute atomic E-state index is 0.0732. The molecule has 1 aliphatic heterocycles. The molecule has 0 unspecified atom stereocenters. The first-order valence-corrected chi connectivity index (χ1v) is 8.33. The van der Waals surface area contributed by atoms with Crippen LogP contribution in [0, 0.1) is 5.82 Å². The van der Waals surface area contributed by atoms with Crippen molar-refractivity contribution in [3.8, 4) is 11.5 Å². The minimum Gasteiger partial charge on any atom is -0.419 e. The monoisotopic (exact) mass is 380 g/mol. The van der Waals surface area contributed by atoms with Gasteiger partial charge in [0.05, 0.1) is 17.7 Å². The van der Waals surface area contributed by atoms with Crippen molar-refractivity contribution in [3.05, 3.63) is 71.4 Å². The Morgan fingerprint density at radius 3 is 2.29 bits per heavy atom. The first-order chi connectivity index (χ1) is 13.5. The molecule has 0 saturated heterocycles. The quantitative estimate of drug-likeness (QED) is 0.677. The topological polar surface area (TPSA) is 105 Å². The van der Waals surface area contributed by atoms with E-state index in [9.17, 15) is 18.8 Å². The van der Waals surface area contributed by atoms with Crippen LogP contribution < -0.4 is 5.32 Å². The molecule has 28 heavy (non-hydrogen) atoms. The van der Waals surface area contributed by atoms with Crippen molar-refractivity contribution in [1.29, 1.82) is 0 Å². The van der Waals surface area contributed by atoms with Gasteiger partial charge in [-0.1, -0.05) is 12.1 Å². The van der Waals surface area contributed by atoms with Crippen molar-refractivity contribution in [2.75, 3.05) is 6.54 Å². The SMILES string of the molecule is O=C(CN1C(=O)c2ccccc2C1=O)NCc1nnc(-c2ccc(F)cc2)o1. The Labute approximate surface area is 158 Å². The van der Waals surface area contributed by atoms with Crippen LogP contribution in [-0.4, -0.2) is 39.4 Å². The van der Waals surface area contributed by atoms with Crippen molar-refractivity contribution in [2.45, 2.75) is 6.54 Å². The van der Waals surface area contributed by atoms with Gasteiger partial charge in [-0.2, -0.15) is 0 Å². The number of imide groups is 1. The van der Waals surface area contributed by atoms with E-state index in [1.54, 1.807) is 24.3 Å². The maximum atomic E-state index is 13.0. The van der Waals surface area contributed by atoms with Crippen molar-refractivity contribution in [3.63, 3.8) is 0 Å². The van der Waals surface area contributed by atoms with E-state index in [0.29, 0.717) is 5.56 Å². The Balaban J connectivity index is 1.36. The summed E-state index contributed by atoms with van der Waals surface area (Å²) in [5.41, 5.74) is 1.10. The average Bonchev–Trinajstić information content (AvgIpc) is 3.27. The van der Waals surface area contributed by atoms with Gasteiger partial charge >= 0.3 is 0 Å². The normalized spacial score (nSPS) is 13.0. The van der Waals surface area contributed by atoms with Crippen LogP contribution in [0.4, 0.5) is 4.39 Å². The lowest BCUT2D eigenvalue weighted by molar-refractivity contribution is -0.121. The summed E-state index contributed by atoms with van der Waals surface area (Å²) in [6, 6.07) is 11.9. The van der Waals surface area contributed by atoms with Crippen molar-refractivity contribution >= 4 is 17.7 Å². The van der Waals surface area contributed by atoms with Gasteiger partial charge in [-0.3, -0.25) is 19.3 Å². The zero-order valence-corrected chi connectivity index (χ0v) is 14.4. The lowest BCUT2D eigenvalue weighted by Gasteiger charge is -2.12. The number of nitrogens with zero attached hydrogens (tertiary/aromatic N) is 3. The van der Waals surface area contributed by atoms with Gasteiger partial charge in [-0.15, -0.1) is 10.2 Å². The number of fused-ring (bicyclic) bond motifs is 1. The van der Waals surface area contributed by atoms with Gasteiger partial charge in [0.2, 0.25) is 17.7 Å². The van der Waals surface area contributed by atoms with Crippen LogP contribution in [0.2, 0.25) is 0 Å². The Morgan fingerprint density at radius 2 is 1.64 bits per heavy atom. The van der Waals surface area contributed by atoms with E-state index in [0.717, 1.165) is 4.90 Å². The number of nitrogens with one attached hydrogen (secondary N) is 1. The van der Waals surface area contributed by atoms with Gasteiger partial charge in [-0.25, -0.2) is 4.39 Å². The highest BCUT2D eigenvalue weighted by molar-refractivity contribution is 6.22. The fourth-order valence-electron chi connectivity index (χ4n) is 2.79. The second-order valence-corrected chi connectivity index (χ2v) is 6.03. The van der Waals surface area contributed by atoms with Gasteiger partial charge < -0.3 is 9.73 Å². The number of hydrogen-bond donors (Lipinski definition) is 1. The van der Waals surface area contributed by atoms with Gasteiger partial charge in [0.15, 0.2) is 0 Å². The lowest BCUT2D eigenvalue weighted by atomic mass is 10.1. The largest absolute Gasteiger partial charge is 0.419 e. The summed E-state index contributed by atoms with van der Waals surface area (Å²) >= 11 is 0. The molecule has 0 bridgehead atoms. The summed E-state index contributed by atoms with van der Waals surface area (Å²) in [5.74, 6) is -1.63. The molecule has 2 heterocycles. The molecule has 9 heteroatoms. The highest BCUT2D eigenvalue weighted by Gasteiger charge is 2.36. The van der Waals surface area contributed by atoms with Crippen LogP contribution in [0.1, 0.15) is 26.6 Å².